The lowest BCUT2D eigenvalue weighted by atomic mass is 10.1. The molecular formula is C38H55N8O6P. The molecule has 5 N–H and O–H groups in total. The summed E-state index contributed by atoms with van der Waals surface area (Å²) in [5.74, 6) is -0.546. The van der Waals surface area contributed by atoms with E-state index >= 15 is 4.57 Å². The van der Waals surface area contributed by atoms with Crippen molar-refractivity contribution >= 4 is 42.3 Å². The van der Waals surface area contributed by atoms with E-state index in [1.165, 1.54) is 0 Å². The van der Waals surface area contributed by atoms with E-state index in [1.54, 1.807) is 17.0 Å². The molecule has 0 saturated carbocycles. The van der Waals surface area contributed by atoms with Crippen molar-refractivity contribution in [1.29, 1.82) is 0 Å². The van der Waals surface area contributed by atoms with Gasteiger partial charge in [0.25, 0.3) is 0 Å². The number of carbonyl (C=O) groups excluding carboxylic acids is 2. The number of nitrogen functional groups attached to an aromatic ring is 1. The second kappa shape index (κ2) is 22.4. The SMILES string of the molecule is C.C=CCNc1nc(N)nc2c1ncn2CCOCP(=O)(NC(Cc1ccccc1)C(=O)OCCCC)NC(Cc1ccccc1)C(=O)OCCCC. The normalized spacial score (nSPS) is 13.3. The molecule has 14 nitrogen and oxygen atoms in total. The van der Waals surface area contributed by atoms with Crippen molar-refractivity contribution in [2.24, 2.45) is 0 Å². The van der Waals surface area contributed by atoms with E-state index in [0.29, 0.717) is 36.4 Å². The van der Waals surface area contributed by atoms with Crippen LogP contribution in [0.25, 0.3) is 11.2 Å². The van der Waals surface area contributed by atoms with Gasteiger partial charge in [0.05, 0.1) is 26.1 Å². The molecule has 2 unspecified atom stereocenters. The number of hydrogen-bond donors (Lipinski definition) is 4. The predicted octanol–water partition coefficient (Wildman–Crippen LogP) is 5.90. The van der Waals surface area contributed by atoms with Gasteiger partial charge in [0.15, 0.2) is 17.0 Å². The Bertz CT molecular complexity index is 1680. The highest BCUT2D eigenvalue weighted by atomic mass is 31.2. The number of nitrogens with two attached hydrogens (primary N) is 1. The fourth-order valence-electron chi connectivity index (χ4n) is 5.29. The van der Waals surface area contributed by atoms with Crippen LogP contribution in [-0.4, -0.2) is 76.3 Å². The summed E-state index contributed by atoms with van der Waals surface area (Å²) in [6.45, 7) is 9.02. The number of benzene rings is 2. The van der Waals surface area contributed by atoms with Crippen molar-refractivity contribution in [2.45, 2.75) is 78.4 Å². The molecular weight excluding hydrogens is 695 g/mol. The lowest BCUT2D eigenvalue weighted by molar-refractivity contribution is -0.146. The minimum absolute atomic E-state index is 0. The molecule has 2 atom stereocenters. The Morgan fingerprint density at radius 2 is 1.43 bits per heavy atom. The van der Waals surface area contributed by atoms with Crippen LogP contribution in [0.4, 0.5) is 11.8 Å². The third kappa shape index (κ3) is 13.7. The zero-order valence-electron chi connectivity index (χ0n) is 30.0. The maximum absolute atomic E-state index is 15.0. The quantitative estimate of drug-likeness (QED) is 0.0288. The molecule has 2 heterocycles. The molecule has 0 radical (unpaired) electrons. The fraction of sp³-hybridized carbons (Fsp3) is 0.447. The van der Waals surface area contributed by atoms with Gasteiger partial charge in [0.1, 0.15) is 18.4 Å². The highest BCUT2D eigenvalue weighted by Gasteiger charge is 2.36. The van der Waals surface area contributed by atoms with Crippen molar-refractivity contribution in [2.75, 3.05) is 43.8 Å². The van der Waals surface area contributed by atoms with Crippen LogP contribution in [0.3, 0.4) is 0 Å². The van der Waals surface area contributed by atoms with Crippen LogP contribution in [0.5, 0.6) is 0 Å². The van der Waals surface area contributed by atoms with Crippen LogP contribution >= 0.6 is 7.44 Å². The summed E-state index contributed by atoms with van der Waals surface area (Å²) in [6, 6.07) is 16.8. The summed E-state index contributed by atoms with van der Waals surface area (Å²) in [4.78, 5) is 40.1. The summed E-state index contributed by atoms with van der Waals surface area (Å²) in [5.41, 5.74) is 8.69. The molecule has 0 aliphatic carbocycles. The number of anilines is 2. The molecule has 53 heavy (non-hydrogen) atoms. The summed E-state index contributed by atoms with van der Waals surface area (Å²) in [5, 5.41) is 9.25. The first-order valence-electron chi connectivity index (χ1n) is 17.7. The largest absolute Gasteiger partial charge is 0.465 e. The van der Waals surface area contributed by atoms with E-state index in [-0.39, 0.29) is 58.9 Å². The number of hydrogen-bond acceptors (Lipinski definition) is 11. The molecule has 0 aliphatic heterocycles. The second-order valence-corrected chi connectivity index (χ2v) is 14.5. The summed E-state index contributed by atoms with van der Waals surface area (Å²) in [6.07, 6.45) is 6.41. The number of carbonyl (C=O) groups is 2. The molecule has 0 fully saturated rings. The first kappa shape index (κ1) is 42.8. The van der Waals surface area contributed by atoms with E-state index in [1.807, 2.05) is 74.5 Å². The minimum Gasteiger partial charge on any atom is -0.465 e. The average Bonchev–Trinajstić information content (AvgIpc) is 3.55. The number of esters is 2. The van der Waals surface area contributed by atoms with Gasteiger partial charge >= 0.3 is 11.9 Å². The smallest absolute Gasteiger partial charge is 0.323 e. The zero-order valence-corrected chi connectivity index (χ0v) is 30.9. The second-order valence-electron chi connectivity index (χ2n) is 12.3. The lowest BCUT2D eigenvalue weighted by Gasteiger charge is -2.29. The molecule has 2 aromatic carbocycles. The Morgan fingerprint density at radius 3 is 1.94 bits per heavy atom. The van der Waals surface area contributed by atoms with Crippen LogP contribution < -0.4 is 21.2 Å². The Kier molecular flexibility index (Phi) is 18.1. The van der Waals surface area contributed by atoms with Crippen molar-refractivity contribution < 1.29 is 28.4 Å². The number of nitrogens with zero attached hydrogens (tertiary/aromatic N) is 4. The van der Waals surface area contributed by atoms with Crippen LogP contribution in [0, 0.1) is 0 Å². The molecule has 4 aromatic rings. The first-order valence-corrected chi connectivity index (χ1v) is 19.6. The Balaban J connectivity index is 0.00000756. The standard InChI is InChI=1S/C37H51N8O6P.CH4/c1-4-7-21-50-35(46)30(24-28-15-11-9-12-16-28)43-52(48,44-31(36(47)51-22-8-5-2)25-29-17-13-10-14-18-29)27-49-23-20-45-26-40-32-33(39-19-6-3)41-37(38)42-34(32)45;/h6,9-18,26,30-31H,3-5,7-8,19-25,27H2,1-2H3,(H2,43,44,48)(H3,38,39,41,42);1H4. The maximum atomic E-state index is 15.0. The molecule has 288 valence electrons. The highest BCUT2D eigenvalue weighted by Crippen LogP contribution is 2.39. The van der Waals surface area contributed by atoms with Crippen LogP contribution in [0.1, 0.15) is 58.1 Å². The third-order valence-electron chi connectivity index (χ3n) is 7.99. The number of fused-ring (bicyclic) bond motifs is 1. The van der Waals surface area contributed by atoms with Gasteiger partial charge < -0.3 is 29.8 Å². The van der Waals surface area contributed by atoms with Gasteiger partial charge in [-0.15, -0.1) is 6.58 Å². The topological polar surface area (TPSA) is 185 Å². The number of ether oxygens (including phenoxy) is 3. The van der Waals surface area contributed by atoms with Gasteiger partial charge in [-0.1, -0.05) is 101 Å². The lowest BCUT2D eigenvalue weighted by Crippen LogP contribution is -2.46. The molecule has 2 aromatic heterocycles. The van der Waals surface area contributed by atoms with Gasteiger partial charge in [-0.2, -0.15) is 9.97 Å². The van der Waals surface area contributed by atoms with Gasteiger partial charge in [-0.25, -0.2) is 15.2 Å². The fourth-order valence-corrected chi connectivity index (χ4v) is 7.30. The first-order chi connectivity index (χ1) is 25.2. The molecule has 0 spiro atoms. The molecule has 0 saturated heterocycles. The number of imidazole rings is 1. The number of aromatic nitrogens is 4. The van der Waals surface area contributed by atoms with Gasteiger partial charge in [-0.05, 0) is 36.8 Å². The van der Waals surface area contributed by atoms with Crippen LogP contribution in [0.15, 0.2) is 79.6 Å². The van der Waals surface area contributed by atoms with E-state index < -0.39 is 31.5 Å². The van der Waals surface area contributed by atoms with Crippen molar-refractivity contribution in [3.8, 4) is 0 Å². The van der Waals surface area contributed by atoms with E-state index in [9.17, 15) is 9.59 Å². The molecule has 0 aliphatic rings. The van der Waals surface area contributed by atoms with E-state index in [0.717, 1.165) is 24.0 Å². The predicted molar refractivity (Wildman–Crippen MR) is 209 cm³/mol. The van der Waals surface area contributed by atoms with Crippen LogP contribution in [-0.2, 0) is 47.8 Å². The number of nitrogens with one attached hydrogen (secondary N) is 3. The zero-order chi connectivity index (χ0) is 37.2. The molecule has 0 amide bonds. The Hall–Kier alpha value is -4.62. The van der Waals surface area contributed by atoms with Gasteiger partial charge in [0.2, 0.25) is 13.4 Å². The third-order valence-corrected chi connectivity index (χ3v) is 10.00. The Labute approximate surface area is 312 Å². The summed E-state index contributed by atoms with van der Waals surface area (Å²) in [7, 11) is -3.89. The number of unbranched alkanes of at least 4 members (excludes halogenated alkanes) is 2. The average molecular weight is 751 g/mol. The number of rotatable bonds is 24. The summed E-state index contributed by atoms with van der Waals surface area (Å²) < 4.78 is 34.0. The van der Waals surface area contributed by atoms with Crippen LogP contribution in [0.2, 0.25) is 0 Å². The van der Waals surface area contributed by atoms with E-state index in [4.69, 9.17) is 19.9 Å². The van der Waals surface area contributed by atoms with Crippen molar-refractivity contribution in [1.82, 2.24) is 29.7 Å². The Morgan fingerprint density at radius 1 is 0.887 bits per heavy atom. The van der Waals surface area contributed by atoms with E-state index in [2.05, 4.69) is 37.0 Å². The van der Waals surface area contributed by atoms with Crippen molar-refractivity contribution in [3.63, 3.8) is 0 Å². The molecule has 4 rings (SSSR count). The molecule has 15 heteroatoms. The van der Waals surface area contributed by atoms with Crippen molar-refractivity contribution in [3.05, 3.63) is 90.8 Å². The van der Waals surface area contributed by atoms with Gasteiger partial charge in [-0.3, -0.25) is 14.2 Å². The molecule has 0 bridgehead atoms. The van der Waals surface area contributed by atoms with Gasteiger partial charge in [0, 0.05) is 13.1 Å². The monoisotopic (exact) mass is 750 g/mol. The maximum Gasteiger partial charge on any atom is 0.323 e. The highest BCUT2D eigenvalue weighted by molar-refractivity contribution is 7.59. The summed E-state index contributed by atoms with van der Waals surface area (Å²) >= 11 is 0. The minimum atomic E-state index is -3.89.